The third kappa shape index (κ3) is 1.41. The molecule has 5 heteroatoms. The normalized spacial score (nSPS) is 17.1. The van der Waals surface area contributed by atoms with Crippen molar-refractivity contribution in [1.82, 2.24) is 0 Å². The highest BCUT2D eigenvalue weighted by Crippen LogP contribution is 2.37. The van der Waals surface area contributed by atoms with Crippen molar-refractivity contribution in [2.75, 3.05) is 0 Å². The summed E-state index contributed by atoms with van der Waals surface area (Å²) in [4.78, 5) is 11.0. The van der Waals surface area contributed by atoms with Crippen LogP contribution in [0.15, 0.2) is 28.0 Å². The Morgan fingerprint density at radius 2 is 2.00 bits per heavy atom. The molecule has 1 heterocycles. The molecular formula is C10H7ClO3S. The average Bonchev–Trinajstić information content (AvgIpc) is 2.39. The number of hydrogen-bond donors (Lipinski definition) is 0. The number of benzene rings is 1. The minimum Gasteiger partial charge on any atom is -0.294 e. The molecule has 0 amide bonds. The van der Waals surface area contributed by atoms with Crippen LogP contribution >= 0.6 is 11.6 Å². The van der Waals surface area contributed by atoms with Crippen molar-refractivity contribution in [2.45, 2.75) is 11.8 Å². The highest BCUT2D eigenvalue weighted by molar-refractivity contribution is 7.97. The molecule has 0 atom stereocenters. The van der Waals surface area contributed by atoms with Crippen LogP contribution in [0.5, 0.6) is 0 Å². The van der Waals surface area contributed by atoms with Crippen molar-refractivity contribution in [3.8, 4) is 0 Å². The topological polar surface area (TPSA) is 51.2 Å². The zero-order valence-electron chi connectivity index (χ0n) is 7.82. The minimum absolute atomic E-state index is 0.0388. The van der Waals surface area contributed by atoms with Crippen LogP contribution in [-0.2, 0) is 14.6 Å². The van der Waals surface area contributed by atoms with Gasteiger partial charge >= 0.3 is 0 Å². The van der Waals surface area contributed by atoms with E-state index >= 15 is 0 Å². The summed E-state index contributed by atoms with van der Waals surface area (Å²) in [6.07, 6.45) is 1.36. The molecule has 0 unspecified atom stereocenters. The summed E-state index contributed by atoms with van der Waals surface area (Å²) in [5.74, 6) is -0.470. The molecule has 0 bridgehead atoms. The van der Waals surface area contributed by atoms with Crippen molar-refractivity contribution >= 4 is 33.3 Å². The van der Waals surface area contributed by atoms with E-state index in [0.717, 1.165) is 0 Å². The average molecular weight is 243 g/mol. The molecule has 1 aliphatic rings. The number of Topliss-reactive ketones (excluding diaryl/α,β-unsaturated/α-hetero) is 1. The van der Waals surface area contributed by atoms with Crippen molar-refractivity contribution in [2.24, 2.45) is 0 Å². The van der Waals surface area contributed by atoms with Crippen LogP contribution in [0.1, 0.15) is 12.5 Å². The second-order valence-corrected chi connectivity index (χ2v) is 5.49. The van der Waals surface area contributed by atoms with Gasteiger partial charge in [0, 0.05) is 0 Å². The van der Waals surface area contributed by atoms with Crippen molar-refractivity contribution in [3.05, 3.63) is 33.7 Å². The highest BCUT2D eigenvalue weighted by atomic mass is 35.5. The first kappa shape index (κ1) is 10.4. The van der Waals surface area contributed by atoms with Gasteiger partial charge in [0.1, 0.15) is 4.91 Å². The Morgan fingerprint density at radius 3 is 2.53 bits per heavy atom. The molecular weight excluding hydrogens is 236 g/mol. The van der Waals surface area contributed by atoms with Gasteiger partial charge in [0.2, 0.25) is 9.84 Å². The van der Waals surface area contributed by atoms with E-state index in [9.17, 15) is 13.2 Å². The standard InChI is InChI=1S/C10H7ClO3S/c1-6(12)9-5-7-3-2-4-8(11)10(7)15(9,13)14/h2-5H,1H3. The molecule has 1 aromatic rings. The van der Waals surface area contributed by atoms with Crippen LogP contribution in [0, 0.1) is 0 Å². The Labute approximate surface area is 92.3 Å². The molecule has 0 saturated heterocycles. The largest absolute Gasteiger partial charge is 0.294 e. The SMILES string of the molecule is CC(=O)C1=Cc2cccc(Cl)c2S1(=O)=O. The van der Waals surface area contributed by atoms with Gasteiger partial charge in [0.15, 0.2) is 5.78 Å². The maximum Gasteiger partial charge on any atom is 0.212 e. The van der Waals surface area contributed by atoms with Gasteiger partial charge in [-0.25, -0.2) is 8.42 Å². The number of rotatable bonds is 1. The van der Waals surface area contributed by atoms with Crippen LogP contribution in [0.25, 0.3) is 6.08 Å². The van der Waals surface area contributed by atoms with Crippen LogP contribution in [0.3, 0.4) is 0 Å². The zero-order valence-corrected chi connectivity index (χ0v) is 9.39. The quantitative estimate of drug-likeness (QED) is 0.757. The lowest BCUT2D eigenvalue weighted by atomic mass is 10.2. The van der Waals surface area contributed by atoms with Gasteiger partial charge in [0.25, 0.3) is 0 Å². The summed E-state index contributed by atoms with van der Waals surface area (Å²) in [6.45, 7) is 1.23. The molecule has 3 nitrogen and oxygen atoms in total. The van der Waals surface area contributed by atoms with E-state index < -0.39 is 15.6 Å². The maximum atomic E-state index is 11.9. The predicted octanol–water partition coefficient (Wildman–Crippen LogP) is 2.06. The van der Waals surface area contributed by atoms with Gasteiger partial charge in [-0.05, 0) is 24.6 Å². The van der Waals surface area contributed by atoms with Gasteiger partial charge < -0.3 is 0 Å². The van der Waals surface area contributed by atoms with Crippen molar-refractivity contribution in [1.29, 1.82) is 0 Å². The fourth-order valence-electron chi connectivity index (χ4n) is 1.54. The van der Waals surface area contributed by atoms with Crippen molar-refractivity contribution < 1.29 is 13.2 Å². The van der Waals surface area contributed by atoms with Crippen molar-refractivity contribution in [3.63, 3.8) is 0 Å². The third-order valence-electron chi connectivity index (χ3n) is 2.19. The lowest BCUT2D eigenvalue weighted by molar-refractivity contribution is -0.112. The first-order chi connectivity index (χ1) is 6.94. The van der Waals surface area contributed by atoms with E-state index in [1.165, 1.54) is 19.1 Å². The zero-order chi connectivity index (χ0) is 11.2. The second kappa shape index (κ2) is 3.18. The Kier molecular flexibility index (Phi) is 2.20. The van der Waals surface area contributed by atoms with Gasteiger partial charge in [-0.15, -0.1) is 0 Å². The third-order valence-corrected chi connectivity index (χ3v) is 4.59. The summed E-state index contributed by atoms with van der Waals surface area (Å²) < 4.78 is 23.7. The first-order valence-electron chi connectivity index (χ1n) is 4.21. The number of carbonyl (C=O) groups excluding carboxylic acids is 1. The van der Waals surface area contributed by atoms with Gasteiger partial charge in [0.05, 0.1) is 9.92 Å². The molecule has 78 valence electrons. The van der Waals surface area contributed by atoms with Gasteiger partial charge in [-0.2, -0.15) is 0 Å². The summed E-state index contributed by atoms with van der Waals surface area (Å²) in [6, 6.07) is 4.76. The number of sulfone groups is 1. The van der Waals surface area contributed by atoms with E-state index in [-0.39, 0.29) is 14.8 Å². The van der Waals surface area contributed by atoms with E-state index in [2.05, 4.69) is 0 Å². The Hall–Kier alpha value is -1.13. The van der Waals surface area contributed by atoms with Crippen LogP contribution in [0.4, 0.5) is 0 Å². The monoisotopic (exact) mass is 242 g/mol. The van der Waals surface area contributed by atoms with Gasteiger partial charge in [-0.3, -0.25) is 4.79 Å². The fraction of sp³-hybridized carbons (Fsp3) is 0.100. The molecule has 15 heavy (non-hydrogen) atoms. The highest BCUT2D eigenvalue weighted by Gasteiger charge is 2.33. The smallest absolute Gasteiger partial charge is 0.212 e. The molecule has 0 radical (unpaired) electrons. The lowest BCUT2D eigenvalue weighted by Crippen LogP contribution is -2.07. The van der Waals surface area contributed by atoms with Crippen LogP contribution in [-0.4, -0.2) is 14.2 Å². The number of fused-ring (bicyclic) bond motifs is 1. The Morgan fingerprint density at radius 1 is 1.33 bits per heavy atom. The van der Waals surface area contributed by atoms with E-state index in [1.807, 2.05) is 0 Å². The summed E-state index contributed by atoms with van der Waals surface area (Å²) >= 11 is 5.80. The van der Waals surface area contributed by atoms with Crippen LogP contribution < -0.4 is 0 Å². The van der Waals surface area contributed by atoms with E-state index in [0.29, 0.717) is 5.56 Å². The Bertz CT molecular complexity index is 585. The predicted molar refractivity (Wildman–Crippen MR) is 57.3 cm³/mol. The molecule has 0 aromatic heterocycles. The number of hydrogen-bond acceptors (Lipinski definition) is 3. The number of halogens is 1. The number of carbonyl (C=O) groups is 1. The lowest BCUT2D eigenvalue weighted by Gasteiger charge is -2.02. The Balaban J connectivity index is 2.80. The molecule has 1 aromatic carbocycles. The molecule has 1 aliphatic heterocycles. The molecule has 2 rings (SSSR count). The molecule has 0 fully saturated rings. The minimum atomic E-state index is -3.70. The molecule has 0 aliphatic carbocycles. The fourth-order valence-corrected chi connectivity index (χ4v) is 3.67. The van der Waals surface area contributed by atoms with Gasteiger partial charge in [-0.1, -0.05) is 23.7 Å². The number of ketones is 1. The van der Waals surface area contributed by atoms with E-state index in [1.54, 1.807) is 12.1 Å². The summed E-state index contributed by atoms with van der Waals surface area (Å²) in [7, 11) is -3.70. The molecule has 0 N–H and O–H groups in total. The number of allylic oxidation sites excluding steroid dienone is 1. The van der Waals surface area contributed by atoms with Crippen LogP contribution in [0.2, 0.25) is 5.02 Å². The molecule has 0 spiro atoms. The second-order valence-electron chi connectivity index (χ2n) is 3.23. The van der Waals surface area contributed by atoms with E-state index in [4.69, 9.17) is 11.6 Å². The molecule has 0 saturated carbocycles. The maximum absolute atomic E-state index is 11.9. The summed E-state index contributed by atoms with van der Waals surface area (Å²) in [5.41, 5.74) is 0.479. The summed E-state index contributed by atoms with van der Waals surface area (Å²) in [5, 5.41) is 0.153. The first-order valence-corrected chi connectivity index (χ1v) is 6.07.